The van der Waals surface area contributed by atoms with Gasteiger partial charge in [0.1, 0.15) is 0 Å². The number of aromatic nitrogens is 2. The third-order valence-electron chi connectivity index (χ3n) is 0.472. The molecule has 1 aromatic heterocycles. The summed E-state index contributed by atoms with van der Waals surface area (Å²) in [4.78, 5) is 0. The molecular formula is C2H2BrN3S. The molecule has 1 rings (SSSR count). The third-order valence-corrected chi connectivity index (χ3v) is 1.83. The van der Waals surface area contributed by atoms with Gasteiger partial charge in [-0.25, -0.2) is 0 Å². The number of nitrogens with two attached hydrogens (primary N) is 1. The van der Waals surface area contributed by atoms with Crippen molar-refractivity contribution in [2.24, 2.45) is 0 Å². The number of nitrogens with zero attached hydrogens (tertiary/aromatic N) is 2. The highest BCUT2D eigenvalue weighted by molar-refractivity contribution is 9.10. The topological polar surface area (TPSA) is 51.8 Å². The van der Waals surface area contributed by atoms with Crippen LogP contribution in [0.3, 0.4) is 0 Å². The van der Waals surface area contributed by atoms with Crippen LogP contribution in [0.25, 0.3) is 0 Å². The molecule has 0 atom stereocenters. The van der Waals surface area contributed by atoms with Crippen molar-refractivity contribution in [2.75, 3.05) is 5.73 Å². The molecule has 0 saturated carbocycles. The van der Waals surface area contributed by atoms with E-state index in [1.165, 1.54) is 0 Å². The Morgan fingerprint density at radius 2 is 2.29 bits per heavy atom. The second-order valence-electron chi connectivity index (χ2n) is 0.940. The Balaban J connectivity index is 3.12. The molecule has 0 spiro atoms. The van der Waals surface area contributed by atoms with E-state index in [-0.39, 0.29) is 0 Å². The Kier molecular flexibility index (Phi) is 1.25. The highest BCUT2D eigenvalue weighted by Gasteiger charge is 1.94. The van der Waals surface area contributed by atoms with Gasteiger partial charge in [0.15, 0.2) is 10.4 Å². The predicted molar refractivity (Wildman–Crippen MR) is 32.0 cm³/mol. The van der Waals surface area contributed by atoms with Gasteiger partial charge >= 0.3 is 0 Å². The molecule has 38 valence electrons. The van der Waals surface area contributed by atoms with E-state index >= 15 is 0 Å². The van der Waals surface area contributed by atoms with Crippen LogP contribution in [0, 0.1) is 0 Å². The molecule has 0 radical (unpaired) electrons. The van der Waals surface area contributed by atoms with Gasteiger partial charge in [-0.05, 0) is 15.9 Å². The van der Waals surface area contributed by atoms with Gasteiger partial charge in [0.2, 0.25) is 0 Å². The average Bonchev–Trinajstić information content (AvgIpc) is 1.91. The van der Waals surface area contributed by atoms with Crippen molar-refractivity contribution >= 4 is 33.5 Å². The molecule has 0 saturated heterocycles. The van der Waals surface area contributed by atoms with Crippen LogP contribution in [0.1, 0.15) is 0 Å². The van der Waals surface area contributed by atoms with Gasteiger partial charge in [-0.2, -0.15) is 8.75 Å². The van der Waals surface area contributed by atoms with E-state index in [1.807, 2.05) is 0 Å². The first-order valence-electron chi connectivity index (χ1n) is 1.54. The Bertz CT molecular complexity index is 145. The average molecular weight is 180 g/mol. The lowest BCUT2D eigenvalue weighted by molar-refractivity contribution is 1.46. The van der Waals surface area contributed by atoms with Crippen molar-refractivity contribution in [1.82, 2.24) is 8.75 Å². The van der Waals surface area contributed by atoms with Crippen molar-refractivity contribution < 1.29 is 0 Å². The quantitative estimate of drug-likeness (QED) is 0.644. The zero-order chi connectivity index (χ0) is 5.28. The summed E-state index contributed by atoms with van der Waals surface area (Å²) in [7, 11) is 0. The smallest absolute Gasteiger partial charge is 0.172 e. The van der Waals surface area contributed by atoms with Crippen LogP contribution >= 0.6 is 27.7 Å². The maximum Gasteiger partial charge on any atom is 0.172 e. The minimum Gasteiger partial charge on any atom is -0.381 e. The van der Waals surface area contributed by atoms with E-state index in [0.29, 0.717) is 10.4 Å². The minimum absolute atomic E-state index is 0.463. The number of hydrogen-bond donors (Lipinski definition) is 1. The van der Waals surface area contributed by atoms with Crippen LogP contribution in [0.15, 0.2) is 4.60 Å². The number of hydrogen-bond acceptors (Lipinski definition) is 4. The zero-order valence-electron chi connectivity index (χ0n) is 3.26. The molecule has 0 amide bonds. The van der Waals surface area contributed by atoms with E-state index in [9.17, 15) is 0 Å². The molecule has 7 heavy (non-hydrogen) atoms. The SMILES string of the molecule is Nc1nsnc1Br. The Morgan fingerprint density at radius 3 is 2.43 bits per heavy atom. The fourth-order valence-corrected chi connectivity index (χ4v) is 0.965. The molecule has 2 N–H and O–H groups in total. The van der Waals surface area contributed by atoms with Crippen LogP contribution in [-0.2, 0) is 0 Å². The maximum absolute atomic E-state index is 5.23. The fraction of sp³-hybridized carbons (Fsp3) is 0. The largest absolute Gasteiger partial charge is 0.381 e. The summed E-state index contributed by atoms with van der Waals surface area (Å²) in [6.45, 7) is 0. The molecular weight excluding hydrogens is 178 g/mol. The summed E-state index contributed by atoms with van der Waals surface area (Å²) < 4.78 is 8.05. The summed E-state index contributed by atoms with van der Waals surface area (Å²) in [6.07, 6.45) is 0. The van der Waals surface area contributed by atoms with Crippen LogP contribution in [0.5, 0.6) is 0 Å². The van der Waals surface area contributed by atoms with Crippen molar-refractivity contribution in [2.45, 2.75) is 0 Å². The first kappa shape index (κ1) is 4.99. The van der Waals surface area contributed by atoms with Gasteiger partial charge in [0.25, 0.3) is 0 Å². The minimum atomic E-state index is 0.463. The summed E-state index contributed by atoms with van der Waals surface area (Å²) in [5, 5.41) is 0. The number of halogens is 1. The number of anilines is 1. The second kappa shape index (κ2) is 1.75. The molecule has 0 aliphatic carbocycles. The molecule has 0 aliphatic heterocycles. The first-order valence-corrected chi connectivity index (χ1v) is 3.06. The molecule has 0 fully saturated rings. The molecule has 1 heterocycles. The van der Waals surface area contributed by atoms with Crippen LogP contribution in [0.4, 0.5) is 5.82 Å². The number of rotatable bonds is 0. The standard InChI is InChI=1S/C2H2BrN3S/c3-1-2(4)6-7-5-1/h(H2,4,6). The van der Waals surface area contributed by atoms with Gasteiger partial charge in [-0.3, -0.25) is 0 Å². The monoisotopic (exact) mass is 179 g/mol. The third kappa shape index (κ3) is 0.889. The predicted octanol–water partition coefficient (Wildman–Crippen LogP) is 0.883. The van der Waals surface area contributed by atoms with Crippen LogP contribution < -0.4 is 5.73 Å². The molecule has 3 nitrogen and oxygen atoms in total. The van der Waals surface area contributed by atoms with Crippen molar-refractivity contribution in [3.63, 3.8) is 0 Å². The molecule has 0 aliphatic rings. The molecule has 0 bridgehead atoms. The molecule has 1 aromatic rings. The lowest BCUT2D eigenvalue weighted by atomic mass is 10.8. The van der Waals surface area contributed by atoms with Crippen molar-refractivity contribution in [3.05, 3.63) is 4.60 Å². The van der Waals surface area contributed by atoms with Gasteiger partial charge < -0.3 is 5.73 Å². The van der Waals surface area contributed by atoms with E-state index in [4.69, 9.17) is 5.73 Å². The van der Waals surface area contributed by atoms with E-state index in [2.05, 4.69) is 24.7 Å². The van der Waals surface area contributed by atoms with Crippen molar-refractivity contribution in [1.29, 1.82) is 0 Å². The zero-order valence-corrected chi connectivity index (χ0v) is 5.66. The molecule has 0 unspecified atom stereocenters. The van der Waals surface area contributed by atoms with Gasteiger partial charge in [0.05, 0.1) is 11.7 Å². The lowest BCUT2D eigenvalue weighted by Gasteiger charge is -1.74. The first-order chi connectivity index (χ1) is 3.30. The Labute approximate surface area is 53.0 Å². The van der Waals surface area contributed by atoms with Crippen LogP contribution in [0.2, 0.25) is 0 Å². The normalized spacial score (nSPS) is 9.29. The second-order valence-corrected chi connectivity index (χ2v) is 2.22. The fourth-order valence-electron chi connectivity index (χ4n) is 0.185. The summed E-state index contributed by atoms with van der Waals surface area (Å²) >= 11 is 4.17. The van der Waals surface area contributed by atoms with Gasteiger partial charge in [-0.1, -0.05) is 0 Å². The summed E-state index contributed by atoms with van der Waals surface area (Å²) in [5.74, 6) is 0.463. The molecule has 0 aromatic carbocycles. The molecule has 5 heteroatoms. The van der Waals surface area contributed by atoms with Gasteiger partial charge in [-0.15, -0.1) is 0 Å². The van der Waals surface area contributed by atoms with Gasteiger partial charge in [0, 0.05) is 0 Å². The van der Waals surface area contributed by atoms with Crippen molar-refractivity contribution in [3.8, 4) is 0 Å². The highest BCUT2D eigenvalue weighted by Crippen LogP contribution is 2.13. The van der Waals surface area contributed by atoms with E-state index in [1.54, 1.807) is 0 Å². The summed E-state index contributed by atoms with van der Waals surface area (Å²) in [5.41, 5.74) is 5.23. The van der Waals surface area contributed by atoms with Crippen LogP contribution in [-0.4, -0.2) is 8.75 Å². The number of nitrogen functional groups attached to an aromatic ring is 1. The van der Waals surface area contributed by atoms with E-state index in [0.717, 1.165) is 11.7 Å². The maximum atomic E-state index is 5.23. The summed E-state index contributed by atoms with van der Waals surface area (Å²) in [6, 6.07) is 0. The van der Waals surface area contributed by atoms with E-state index < -0.39 is 0 Å². The Hall–Kier alpha value is -0.160. The lowest BCUT2D eigenvalue weighted by Crippen LogP contribution is -1.82. The Morgan fingerprint density at radius 1 is 1.57 bits per heavy atom. The highest BCUT2D eigenvalue weighted by atomic mass is 79.9.